The molecule has 0 spiro atoms. The monoisotopic (exact) mass is 295 g/mol. The van der Waals surface area contributed by atoms with E-state index in [1.165, 1.54) is 0 Å². The van der Waals surface area contributed by atoms with Gasteiger partial charge in [0, 0.05) is 12.5 Å². The second-order valence-corrected chi connectivity index (χ2v) is 7.74. The van der Waals surface area contributed by atoms with Crippen molar-refractivity contribution in [1.29, 1.82) is 0 Å². The minimum absolute atomic E-state index is 0.0425. The lowest BCUT2D eigenvalue weighted by molar-refractivity contribution is -0.121. The molecule has 110 valence electrons. The summed E-state index contributed by atoms with van der Waals surface area (Å²) in [7, 11) is -3.35. The van der Waals surface area contributed by atoms with Gasteiger partial charge in [-0.05, 0) is 44.7 Å². The van der Waals surface area contributed by atoms with Gasteiger partial charge < -0.3 is 5.32 Å². The largest absolute Gasteiger partial charge is 0.353 e. The van der Waals surface area contributed by atoms with E-state index in [1.807, 2.05) is 6.92 Å². The van der Waals surface area contributed by atoms with Crippen molar-refractivity contribution in [2.75, 3.05) is 5.75 Å². The molecule has 4 nitrogen and oxygen atoms in total. The van der Waals surface area contributed by atoms with Crippen LogP contribution in [0.2, 0.25) is 0 Å². The second kappa shape index (κ2) is 5.95. The Kier molecular flexibility index (Phi) is 4.48. The summed E-state index contributed by atoms with van der Waals surface area (Å²) < 4.78 is 24.4. The smallest absolute Gasteiger partial charge is 0.220 e. The molecule has 0 aromatic heterocycles. The van der Waals surface area contributed by atoms with Gasteiger partial charge in [-0.2, -0.15) is 0 Å². The summed E-state index contributed by atoms with van der Waals surface area (Å²) in [5.74, 6) is 0.405. The predicted molar refractivity (Wildman–Crippen MR) is 78.2 cm³/mol. The van der Waals surface area contributed by atoms with E-state index in [-0.39, 0.29) is 17.7 Å². The Morgan fingerprint density at radius 1 is 1.30 bits per heavy atom. The van der Waals surface area contributed by atoms with Gasteiger partial charge in [-0.25, -0.2) is 8.42 Å². The van der Waals surface area contributed by atoms with E-state index in [0.717, 1.165) is 18.4 Å². The average molecular weight is 295 g/mol. The fourth-order valence-corrected chi connectivity index (χ4v) is 3.62. The second-order valence-electron chi connectivity index (χ2n) is 5.71. The Bertz CT molecular complexity index is 574. The van der Waals surface area contributed by atoms with Gasteiger partial charge in [-0.15, -0.1) is 0 Å². The summed E-state index contributed by atoms with van der Waals surface area (Å²) in [4.78, 5) is 12.0. The SMILES string of the molecule is Cc1ccc(S(=O)(=O)C[C@@H](C)NC(=O)CC2CC2)cc1. The fourth-order valence-electron chi connectivity index (χ4n) is 2.13. The third-order valence-electron chi connectivity index (χ3n) is 3.43. The molecule has 1 aromatic rings. The average Bonchev–Trinajstić information content (AvgIpc) is 3.12. The third-order valence-corrected chi connectivity index (χ3v) is 5.36. The van der Waals surface area contributed by atoms with Crippen LogP contribution < -0.4 is 5.32 Å². The molecule has 5 heteroatoms. The standard InChI is InChI=1S/C15H21NO3S/c1-11-3-7-14(8-4-11)20(18,19)10-12(2)16-15(17)9-13-5-6-13/h3-4,7-8,12-13H,5-6,9-10H2,1-2H3,(H,16,17)/t12-/m1/s1. The Hall–Kier alpha value is -1.36. The van der Waals surface area contributed by atoms with E-state index in [0.29, 0.717) is 17.2 Å². The normalized spacial score (nSPS) is 16.7. The van der Waals surface area contributed by atoms with Gasteiger partial charge in [-0.1, -0.05) is 17.7 Å². The maximum atomic E-state index is 12.2. The Morgan fingerprint density at radius 3 is 2.45 bits per heavy atom. The number of aryl methyl sites for hydroxylation is 1. The van der Waals surface area contributed by atoms with Crippen LogP contribution in [0.4, 0.5) is 0 Å². The summed E-state index contributed by atoms with van der Waals surface area (Å²) in [6.07, 6.45) is 2.75. The zero-order valence-electron chi connectivity index (χ0n) is 11.9. The number of benzene rings is 1. The number of carbonyl (C=O) groups is 1. The molecular formula is C15H21NO3S. The van der Waals surface area contributed by atoms with Crippen LogP contribution in [-0.4, -0.2) is 26.1 Å². The lowest BCUT2D eigenvalue weighted by Gasteiger charge is -2.14. The molecule has 20 heavy (non-hydrogen) atoms. The fraction of sp³-hybridized carbons (Fsp3) is 0.533. The number of carbonyl (C=O) groups excluding carboxylic acids is 1. The van der Waals surface area contributed by atoms with Crippen molar-refractivity contribution in [1.82, 2.24) is 5.32 Å². The highest BCUT2D eigenvalue weighted by Gasteiger charge is 2.26. The highest BCUT2D eigenvalue weighted by molar-refractivity contribution is 7.91. The molecule has 1 saturated carbocycles. The van der Waals surface area contributed by atoms with E-state index in [1.54, 1.807) is 31.2 Å². The summed E-state index contributed by atoms with van der Waals surface area (Å²) in [5.41, 5.74) is 1.02. The highest BCUT2D eigenvalue weighted by atomic mass is 32.2. The summed E-state index contributed by atoms with van der Waals surface area (Å²) >= 11 is 0. The number of nitrogens with one attached hydrogen (secondary N) is 1. The first kappa shape index (κ1) is 15.0. The highest BCUT2D eigenvalue weighted by Crippen LogP contribution is 2.32. The number of rotatable bonds is 6. The van der Waals surface area contributed by atoms with Gasteiger partial charge in [0.05, 0.1) is 10.6 Å². The molecule has 1 aliphatic carbocycles. The quantitative estimate of drug-likeness (QED) is 0.874. The zero-order chi connectivity index (χ0) is 14.8. The van der Waals surface area contributed by atoms with Crippen LogP contribution >= 0.6 is 0 Å². The van der Waals surface area contributed by atoms with Crippen LogP contribution in [-0.2, 0) is 14.6 Å². The molecule has 0 heterocycles. The molecule has 0 saturated heterocycles. The summed E-state index contributed by atoms with van der Waals surface area (Å²) in [5, 5.41) is 2.77. The van der Waals surface area contributed by atoms with E-state index in [2.05, 4.69) is 5.32 Å². The molecule has 0 bridgehead atoms. The van der Waals surface area contributed by atoms with Crippen LogP contribution in [0.1, 0.15) is 31.7 Å². The van der Waals surface area contributed by atoms with Crippen LogP contribution in [0.3, 0.4) is 0 Å². The first-order chi connectivity index (χ1) is 9.37. The number of sulfone groups is 1. The summed E-state index contributed by atoms with van der Waals surface area (Å²) in [6.45, 7) is 3.65. The Balaban J connectivity index is 1.92. The first-order valence-electron chi connectivity index (χ1n) is 6.95. The van der Waals surface area contributed by atoms with Gasteiger partial charge in [0.2, 0.25) is 5.91 Å². The van der Waals surface area contributed by atoms with Crippen LogP contribution in [0.5, 0.6) is 0 Å². The minimum Gasteiger partial charge on any atom is -0.353 e. The number of amides is 1. The van der Waals surface area contributed by atoms with Crippen molar-refractivity contribution < 1.29 is 13.2 Å². The number of hydrogen-bond donors (Lipinski definition) is 1. The minimum atomic E-state index is -3.35. The van der Waals surface area contributed by atoms with Crippen LogP contribution in [0.15, 0.2) is 29.2 Å². The van der Waals surface area contributed by atoms with Gasteiger partial charge in [0.15, 0.2) is 9.84 Å². The third kappa shape index (κ3) is 4.34. The summed E-state index contributed by atoms with van der Waals surface area (Å²) in [6, 6.07) is 6.42. The number of hydrogen-bond acceptors (Lipinski definition) is 3. The molecule has 0 unspecified atom stereocenters. The van der Waals surface area contributed by atoms with Crippen molar-refractivity contribution in [3.8, 4) is 0 Å². The lowest BCUT2D eigenvalue weighted by Crippen LogP contribution is -2.37. The molecule has 2 rings (SSSR count). The molecular weight excluding hydrogens is 274 g/mol. The zero-order valence-corrected chi connectivity index (χ0v) is 12.7. The first-order valence-corrected chi connectivity index (χ1v) is 8.61. The molecule has 1 amide bonds. The van der Waals surface area contributed by atoms with Gasteiger partial charge in [0.1, 0.15) is 0 Å². The Morgan fingerprint density at radius 2 is 1.90 bits per heavy atom. The topological polar surface area (TPSA) is 63.2 Å². The van der Waals surface area contributed by atoms with Crippen molar-refractivity contribution in [2.24, 2.45) is 5.92 Å². The van der Waals surface area contributed by atoms with Crippen molar-refractivity contribution >= 4 is 15.7 Å². The van der Waals surface area contributed by atoms with E-state index in [9.17, 15) is 13.2 Å². The molecule has 0 radical (unpaired) electrons. The van der Waals surface area contributed by atoms with E-state index in [4.69, 9.17) is 0 Å². The van der Waals surface area contributed by atoms with Crippen molar-refractivity contribution in [3.63, 3.8) is 0 Å². The van der Waals surface area contributed by atoms with E-state index >= 15 is 0 Å². The van der Waals surface area contributed by atoms with Gasteiger partial charge in [0.25, 0.3) is 0 Å². The van der Waals surface area contributed by atoms with Crippen molar-refractivity contribution in [2.45, 2.75) is 44.0 Å². The molecule has 1 atom stereocenters. The molecule has 1 N–H and O–H groups in total. The molecule has 1 aliphatic rings. The van der Waals surface area contributed by atoms with Gasteiger partial charge >= 0.3 is 0 Å². The predicted octanol–water partition coefficient (Wildman–Crippen LogP) is 2.07. The molecule has 1 fully saturated rings. The Labute approximate surface area is 120 Å². The van der Waals surface area contributed by atoms with Crippen LogP contribution in [0.25, 0.3) is 0 Å². The molecule has 1 aromatic carbocycles. The maximum absolute atomic E-state index is 12.2. The van der Waals surface area contributed by atoms with E-state index < -0.39 is 9.84 Å². The lowest BCUT2D eigenvalue weighted by atomic mass is 10.2. The maximum Gasteiger partial charge on any atom is 0.220 e. The van der Waals surface area contributed by atoms with Gasteiger partial charge in [-0.3, -0.25) is 4.79 Å². The van der Waals surface area contributed by atoms with Crippen LogP contribution in [0, 0.1) is 12.8 Å². The molecule has 0 aliphatic heterocycles. The van der Waals surface area contributed by atoms with Crippen molar-refractivity contribution in [3.05, 3.63) is 29.8 Å².